The molecule has 9 nitrogen and oxygen atoms in total. The van der Waals surface area contributed by atoms with Crippen LogP contribution in [-0.2, 0) is 11.8 Å². The number of anilines is 3. The number of fused-ring (bicyclic) bond motifs is 1. The summed E-state index contributed by atoms with van der Waals surface area (Å²) in [5, 5.41) is 19.8. The van der Waals surface area contributed by atoms with Crippen LogP contribution in [0.15, 0.2) is 18.6 Å². The van der Waals surface area contributed by atoms with Crippen LogP contribution in [0.1, 0.15) is 19.3 Å². The molecule has 1 amide bonds. The van der Waals surface area contributed by atoms with E-state index in [9.17, 15) is 4.79 Å². The normalized spacial score (nSPS) is 23.3. The quantitative estimate of drug-likeness (QED) is 0.790. The molecule has 4 rings (SSSR count). The average molecular weight is 401 g/mol. The van der Waals surface area contributed by atoms with E-state index in [2.05, 4.69) is 25.7 Å². The highest BCUT2D eigenvalue weighted by molar-refractivity contribution is 6.32. The summed E-state index contributed by atoms with van der Waals surface area (Å²) in [7, 11) is 1.84. The molecule has 3 heterocycles. The van der Waals surface area contributed by atoms with E-state index < -0.39 is 0 Å². The summed E-state index contributed by atoms with van der Waals surface area (Å²) >= 11 is 6.29. The Morgan fingerprint density at radius 2 is 2.11 bits per heavy atom. The van der Waals surface area contributed by atoms with Crippen LogP contribution in [-0.4, -0.2) is 49.7 Å². The van der Waals surface area contributed by atoms with Crippen molar-refractivity contribution in [3.05, 3.63) is 23.6 Å². The van der Waals surface area contributed by atoms with Crippen molar-refractivity contribution in [2.45, 2.75) is 25.3 Å². The largest absolute Gasteiger partial charge is 0.366 e. The third-order valence-corrected chi connectivity index (χ3v) is 5.66. The van der Waals surface area contributed by atoms with Gasteiger partial charge in [-0.3, -0.25) is 9.48 Å². The van der Waals surface area contributed by atoms with Gasteiger partial charge in [0.25, 0.3) is 0 Å². The van der Waals surface area contributed by atoms with Gasteiger partial charge in [0.1, 0.15) is 11.4 Å². The fourth-order valence-electron chi connectivity index (χ4n) is 4.14. The second-order valence-electron chi connectivity index (χ2n) is 7.38. The standard InChI is InChI=1S/C18H21ClN8O/c1-26-10-14(6-22-26)24-18-21-7-15(19)17(25-18)23-13-4-11-8-27(9-12(11)5-13)16(28)2-3-20/h6-7,10-13H,2,4-5,8-9H2,1H3,(H2,21,23,24,25)/t11-,12?,13?/m1/s1. The minimum atomic E-state index is -0.0635. The van der Waals surface area contributed by atoms with Crippen molar-refractivity contribution in [1.29, 1.82) is 5.26 Å². The molecule has 0 radical (unpaired) electrons. The second kappa shape index (κ2) is 7.64. The predicted octanol–water partition coefficient (Wildman–Crippen LogP) is 2.17. The maximum atomic E-state index is 11.9. The molecule has 28 heavy (non-hydrogen) atoms. The fourth-order valence-corrected chi connectivity index (χ4v) is 4.28. The molecule has 2 aromatic heterocycles. The van der Waals surface area contributed by atoms with E-state index >= 15 is 0 Å². The molecule has 2 N–H and O–H groups in total. The average Bonchev–Trinajstić information content (AvgIpc) is 3.33. The lowest BCUT2D eigenvalue weighted by Crippen LogP contribution is -2.30. The Balaban J connectivity index is 1.37. The summed E-state index contributed by atoms with van der Waals surface area (Å²) in [6, 6.07) is 2.19. The molecule has 2 aliphatic rings. The maximum Gasteiger partial charge on any atom is 0.236 e. The monoisotopic (exact) mass is 400 g/mol. The van der Waals surface area contributed by atoms with E-state index in [1.54, 1.807) is 17.1 Å². The minimum Gasteiger partial charge on any atom is -0.366 e. The van der Waals surface area contributed by atoms with E-state index in [1.165, 1.54) is 0 Å². The molecule has 146 valence electrons. The number of aryl methyl sites for hydroxylation is 1. The molecule has 0 bridgehead atoms. The van der Waals surface area contributed by atoms with Crippen molar-refractivity contribution in [3.8, 4) is 6.07 Å². The number of carbonyl (C=O) groups is 1. The van der Waals surface area contributed by atoms with Gasteiger partial charge in [-0.2, -0.15) is 15.3 Å². The van der Waals surface area contributed by atoms with E-state index in [-0.39, 0.29) is 18.4 Å². The number of nitriles is 1. The number of nitrogens with zero attached hydrogens (tertiary/aromatic N) is 6. The number of hydrogen-bond donors (Lipinski definition) is 2. The van der Waals surface area contributed by atoms with Crippen LogP contribution in [0.2, 0.25) is 5.02 Å². The summed E-state index contributed by atoms with van der Waals surface area (Å²) in [4.78, 5) is 22.5. The number of likely N-dealkylation sites (tertiary alicyclic amines) is 1. The highest BCUT2D eigenvalue weighted by atomic mass is 35.5. The first-order valence-electron chi connectivity index (χ1n) is 9.21. The molecule has 1 saturated heterocycles. The summed E-state index contributed by atoms with van der Waals surface area (Å²) in [6.07, 6.45) is 6.97. The number of halogens is 1. The summed E-state index contributed by atoms with van der Waals surface area (Å²) in [5.74, 6) is 1.89. The van der Waals surface area contributed by atoms with Gasteiger partial charge in [0.05, 0.1) is 24.2 Å². The zero-order valence-electron chi connectivity index (χ0n) is 15.5. The fraction of sp³-hybridized carbons (Fsp3) is 0.500. The summed E-state index contributed by atoms with van der Waals surface area (Å²) < 4.78 is 1.69. The predicted molar refractivity (Wildman–Crippen MR) is 104 cm³/mol. The zero-order chi connectivity index (χ0) is 19.7. The molecule has 1 aliphatic carbocycles. The van der Waals surface area contributed by atoms with Crippen LogP contribution in [0.3, 0.4) is 0 Å². The first kappa shape index (κ1) is 18.5. The first-order valence-corrected chi connectivity index (χ1v) is 9.59. The Kier molecular flexibility index (Phi) is 5.05. The Morgan fingerprint density at radius 3 is 2.75 bits per heavy atom. The third kappa shape index (κ3) is 3.87. The molecule has 1 aliphatic heterocycles. The maximum absolute atomic E-state index is 11.9. The SMILES string of the molecule is Cn1cc(Nc2ncc(Cl)c(NC3CC4CN(C(=O)CC#N)C[C@H]4C3)n2)cn1. The van der Waals surface area contributed by atoms with Crippen molar-refractivity contribution >= 4 is 35.0 Å². The highest BCUT2D eigenvalue weighted by Crippen LogP contribution is 2.40. The van der Waals surface area contributed by atoms with Crippen LogP contribution < -0.4 is 10.6 Å². The number of nitrogens with one attached hydrogen (secondary N) is 2. The summed E-state index contributed by atoms with van der Waals surface area (Å²) in [6.45, 7) is 1.46. The number of rotatable bonds is 5. The van der Waals surface area contributed by atoms with Crippen molar-refractivity contribution in [1.82, 2.24) is 24.6 Å². The van der Waals surface area contributed by atoms with Crippen molar-refractivity contribution in [3.63, 3.8) is 0 Å². The van der Waals surface area contributed by atoms with Gasteiger partial charge in [0, 0.05) is 32.4 Å². The molecule has 2 fully saturated rings. The Bertz CT molecular complexity index is 909. The van der Waals surface area contributed by atoms with E-state index in [1.807, 2.05) is 24.2 Å². The number of carbonyl (C=O) groups excluding carboxylic acids is 1. The first-order chi connectivity index (χ1) is 13.5. The number of amides is 1. The molecule has 10 heteroatoms. The Labute approximate surface area is 167 Å². The zero-order valence-corrected chi connectivity index (χ0v) is 16.2. The molecular weight excluding hydrogens is 380 g/mol. The second-order valence-corrected chi connectivity index (χ2v) is 7.79. The topological polar surface area (TPSA) is 112 Å². The lowest BCUT2D eigenvalue weighted by atomic mass is 10.0. The molecular formula is C18H21ClN8O. The van der Waals surface area contributed by atoms with Crippen LogP contribution in [0.4, 0.5) is 17.5 Å². The molecule has 2 unspecified atom stereocenters. The van der Waals surface area contributed by atoms with Gasteiger partial charge in [-0.1, -0.05) is 11.6 Å². The Hall–Kier alpha value is -2.86. The number of hydrogen-bond acceptors (Lipinski definition) is 7. The van der Waals surface area contributed by atoms with E-state index in [0.29, 0.717) is 28.6 Å². The van der Waals surface area contributed by atoms with Crippen molar-refractivity contribution in [2.75, 3.05) is 23.7 Å². The van der Waals surface area contributed by atoms with Gasteiger partial charge >= 0.3 is 0 Å². The Morgan fingerprint density at radius 1 is 1.36 bits per heavy atom. The number of aromatic nitrogens is 4. The van der Waals surface area contributed by atoms with E-state index in [0.717, 1.165) is 31.6 Å². The van der Waals surface area contributed by atoms with Gasteiger partial charge in [0.2, 0.25) is 11.9 Å². The van der Waals surface area contributed by atoms with Gasteiger partial charge < -0.3 is 15.5 Å². The smallest absolute Gasteiger partial charge is 0.236 e. The van der Waals surface area contributed by atoms with Crippen molar-refractivity contribution in [2.24, 2.45) is 18.9 Å². The molecule has 3 atom stereocenters. The molecule has 0 aromatic carbocycles. The summed E-state index contributed by atoms with van der Waals surface area (Å²) in [5.41, 5.74) is 0.799. The lowest BCUT2D eigenvalue weighted by Gasteiger charge is -2.20. The van der Waals surface area contributed by atoms with Crippen molar-refractivity contribution < 1.29 is 4.79 Å². The molecule has 0 spiro atoms. The minimum absolute atomic E-state index is 0.0373. The van der Waals surface area contributed by atoms with Gasteiger partial charge in [-0.25, -0.2) is 4.98 Å². The van der Waals surface area contributed by atoms with Gasteiger partial charge in [0.15, 0.2) is 5.82 Å². The third-order valence-electron chi connectivity index (χ3n) is 5.38. The van der Waals surface area contributed by atoms with Crippen LogP contribution in [0.25, 0.3) is 0 Å². The van der Waals surface area contributed by atoms with Gasteiger partial charge in [-0.15, -0.1) is 0 Å². The molecule has 2 aromatic rings. The lowest BCUT2D eigenvalue weighted by molar-refractivity contribution is -0.129. The van der Waals surface area contributed by atoms with E-state index in [4.69, 9.17) is 16.9 Å². The van der Waals surface area contributed by atoms with Crippen LogP contribution >= 0.6 is 11.6 Å². The van der Waals surface area contributed by atoms with Crippen LogP contribution in [0.5, 0.6) is 0 Å². The van der Waals surface area contributed by atoms with Crippen LogP contribution in [0, 0.1) is 23.2 Å². The highest BCUT2D eigenvalue weighted by Gasteiger charge is 2.42. The molecule has 1 saturated carbocycles. The van der Waals surface area contributed by atoms with Gasteiger partial charge in [-0.05, 0) is 24.7 Å².